The first kappa shape index (κ1) is 11.5. The van der Waals surface area contributed by atoms with Gasteiger partial charge in [0.2, 0.25) is 0 Å². The monoisotopic (exact) mass is 241 g/mol. The molecule has 2 aromatic rings. The van der Waals surface area contributed by atoms with Crippen molar-refractivity contribution in [3.05, 3.63) is 42.0 Å². The van der Waals surface area contributed by atoms with Crippen LogP contribution in [0.4, 0.5) is 0 Å². The van der Waals surface area contributed by atoms with Crippen molar-refractivity contribution in [2.45, 2.75) is 12.8 Å². The lowest BCUT2D eigenvalue weighted by atomic mass is 10.0. The van der Waals surface area contributed by atoms with E-state index >= 15 is 0 Å². The van der Waals surface area contributed by atoms with Crippen LogP contribution in [0, 0.1) is 0 Å². The lowest BCUT2D eigenvalue weighted by Crippen LogP contribution is -2.38. The standard InChI is InChI=1S/C16H19NO/c1-18-16-8-7-13(9-12-17-10-4-11-17)14-5-2-3-6-15(14)16/h2-3,5-8H,4,9-12H2,1H3. The molecule has 1 saturated heterocycles. The maximum atomic E-state index is 5.43. The molecular formula is C16H19NO. The van der Waals surface area contributed by atoms with Crippen LogP contribution in [-0.4, -0.2) is 31.6 Å². The van der Waals surface area contributed by atoms with E-state index in [9.17, 15) is 0 Å². The highest BCUT2D eigenvalue weighted by Gasteiger charge is 2.14. The van der Waals surface area contributed by atoms with Crippen LogP contribution in [-0.2, 0) is 6.42 Å². The highest BCUT2D eigenvalue weighted by atomic mass is 16.5. The van der Waals surface area contributed by atoms with Crippen molar-refractivity contribution in [2.24, 2.45) is 0 Å². The molecule has 0 radical (unpaired) electrons. The van der Waals surface area contributed by atoms with E-state index in [0.29, 0.717) is 0 Å². The molecule has 0 aliphatic carbocycles. The maximum absolute atomic E-state index is 5.43. The maximum Gasteiger partial charge on any atom is 0.126 e. The molecule has 3 rings (SSSR count). The molecule has 0 unspecified atom stereocenters. The van der Waals surface area contributed by atoms with Gasteiger partial charge in [0.05, 0.1) is 7.11 Å². The van der Waals surface area contributed by atoms with Crippen molar-refractivity contribution in [1.82, 2.24) is 4.90 Å². The number of methoxy groups -OCH3 is 1. The fourth-order valence-corrected chi connectivity index (χ4v) is 2.61. The second-order valence-electron chi connectivity index (χ2n) is 4.92. The van der Waals surface area contributed by atoms with E-state index in [-0.39, 0.29) is 0 Å². The van der Waals surface area contributed by atoms with Gasteiger partial charge in [-0.05, 0) is 42.9 Å². The Balaban J connectivity index is 1.91. The minimum atomic E-state index is 0.971. The first-order valence-corrected chi connectivity index (χ1v) is 6.65. The van der Waals surface area contributed by atoms with E-state index in [1.165, 1.54) is 42.4 Å². The van der Waals surface area contributed by atoms with Crippen LogP contribution in [0.15, 0.2) is 36.4 Å². The zero-order valence-electron chi connectivity index (χ0n) is 10.9. The van der Waals surface area contributed by atoms with Gasteiger partial charge in [-0.3, -0.25) is 0 Å². The molecule has 94 valence electrons. The van der Waals surface area contributed by atoms with E-state index in [1.54, 1.807) is 7.11 Å². The summed E-state index contributed by atoms with van der Waals surface area (Å²) in [5, 5.41) is 2.55. The molecule has 1 aliphatic rings. The van der Waals surface area contributed by atoms with Gasteiger partial charge in [-0.1, -0.05) is 30.3 Å². The summed E-state index contributed by atoms with van der Waals surface area (Å²) >= 11 is 0. The molecule has 0 bridgehead atoms. The summed E-state index contributed by atoms with van der Waals surface area (Å²) < 4.78 is 5.43. The van der Waals surface area contributed by atoms with Gasteiger partial charge < -0.3 is 9.64 Å². The van der Waals surface area contributed by atoms with Gasteiger partial charge in [-0.2, -0.15) is 0 Å². The Morgan fingerprint density at radius 1 is 1.06 bits per heavy atom. The average molecular weight is 241 g/mol. The molecule has 0 aromatic heterocycles. The van der Waals surface area contributed by atoms with E-state index in [2.05, 4.69) is 41.3 Å². The molecule has 18 heavy (non-hydrogen) atoms. The van der Waals surface area contributed by atoms with Gasteiger partial charge >= 0.3 is 0 Å². The van der Waals surface area contributed by atoms with Gasteiger partial charge in [-0.15, -0.1) is 0 Å². The fourth-order valence-electron chi connectivity index (χ4n) is 2.61. The van der Waals surface area contributed by atoms with Crippen LogP contribution in [0.1, 0.15) is 12.0 Å². The summed E-state index contributed by atoms with van der Waals surface area (Å²) in [7, 11) is 1.74. The number of hydrogen-bond acceptors (Lipinski definition) is 2. The number of hydrogen-bond donors (Lipinski definition) is 0. The van der Waals surface area contributed by atoms with Gasteiger partial charge in [-0.25, -0.2) is 0 Å². The third-order valence-electron chi connectivity index (χ3n) is 3.84. The Kier molecular flexibility index (Phi) is 3.20. The van der Waals surface area contributed by atoms with E-state index in [0.717, 1.165) is 12.2 Å². The molecule has 2 heteroatoms. The van der Waals surface area contributed by atoms with Crippen LogP contribution in [0.5, 0.6) is 5.75 Å². The Morgan fingerprint density at radius 2 is 1.83 bits per heavy atom. The van der Waals surface area contributed by atoms with E-state index in [1.807, 2.05) is 0 Å². The number of benzene rings is 2. The zero-order valence-corrected chi connectivity index (χ0v) is 10.9. The minimum Gasteiger partial charge on any atom is -0.496 e. The summed E-state index contributed by atoms with van der Waals surface area (Å²) in [5.74, 6) is 0.971. The SMILES string of the molecule is COc1ccc(CCN2CCC2)c2ccccc12. The van der Waals surface area contributed by atoms with Crippen LogP contribution >= 0.6 is 0 Å². The lowest BCUT2D eigenvalue weighted by Gasteiger charge is -2.30. The Labute approximate surface area is 108 Å². The highest BCUT2D eigenvalue weighted by molar-refractivity contribution is 5.91. The number of likely N-dealkylation sites (tertiary alicyclic amines) is 1. The first-order valence-electron chi connectivity index (χ1n) is 6.65. The number of nitrogens with zero attached hydrogens (tertiary/aromatic N) is 1. The predicted molar refractivity (Wildman–Crippen MR) is 75.3 cm³/mol. The van der Waals surface area contributed by atoms with Crippen LogP contribution in [0.3, 0.4) is 0 Å². The molecule has 2 aromatic carbocycles. The molecule has 1 heterocycles. The van der Waals surface area contributed by atoms with E-state index in [4.69, 9.17) is 4.74 Å². The van der Waals surface area contributed by atoms with Crippen molar-refractivity contribution < 1.29 is 4.74 Å². The molecule has 1 aliphatic heterocycles. The van der Waals surface area contributed by atoms with Gasteiger partial charge in [0, 0.05) is 11.9 Å². The Bertz CT molecular complexity index is 546. The van der Waals surface area contributed by atoms with Gasteiger partial charge in [0.15, 0.2) is 0 Å². The van der Waals surface area contributed by atoms with Crippen molar-refractivity contribution >= 4 is 10.8 Å². The zero-order chi connectivity index (χ0) is 12.4. The molecule has 0 amide bonds. The van der Waals surface area contributed by atoms with Gasteiger partial charge in [0.25, 0.3) is 0 Å². The summed E-state index contributed by atoms with van der Waals surface area (Å²) in [6.07, 6.45) is 2.49. The highest BCUT2D eigenvalue weighted by Crippen LogP contribution is 2.28. The predicted octanol–water partition coefficient (Wildman–Crippen LogP) is 3.10. The second kappa shape index (κ2) is 4.99. The van der Waals surface area contributed by atoms with Crippen molar-refractivity contribution in [3.63, 3.8) is 0 Å². The number of fused-ring (bicyclic) bond motifs is 1. The fraction of sp³-hybridized carbons (Fsp3) is 0.375. The quantitative estimate of drug-likeness (QED) is 0.815. The molecule has 1 fully saturated rings. The summed E-state index contributed by atoms with van der Waals surface area (Å²) in [5.41, 5.74) is 1.43. The van der Waals surface area contributed by atoms with Crippen LogP contribution < -0.4 is 4.74 Å². The Hall–Kier alpha value is -1.54. The normalized spacial score (nSPS) is 15.6. The molecule has 0 atom stereocenters. The number of rotatable bonds is 4. The summed E-state index contributed by atoms with van der Waals surface area (Å²) in [4.78, 5) is 2.51. The van der Waals surface area contributed by atoms with Crippen molar-refractivity contribution in [2.75, 3.05) is 26.7 Å². The topological polar surface area (TPSA) is 12.5 Å². The smallest absolute Gasteiger partial charge is 0.126 e. The van der Waals surface area contributed by atoms with Crippen LogP contribution in [0.2, 0.25) is 0 Å². The van der Waals surface area contributed by atoms with Crippen molar-refractivity contribution in [3.8, 4) is 5.75 Å². The molecular weight excluding hydrogens is 222 g/mol. The largest absolute Gasteiger partial charge is 0.496 e. The van der Waals surface area contributed by atoms with Crippen LogP contribution in [0.25, 0.3) is 10.8 Å². The molecule has 0 saturated carbocycles. The number of ether oxygens (including phenoxy) is 1. The van der Waals surface area contributed by atoms with E-state index < -0.39 is 0 Å². The Morgan fingerprint density at radius 3 is 2.50 bits per heavy atom. The van der Waals surface area contributed by atoms with Gasteiger partial charge in [0.1, 0.15) is 5.75 Å². The molecule has 0 N–H and O–H groups in total. The minimum absolute atomic E-state index is 0.971. The second-order valence-corrected chi connectivity index (χ2v) is 4.92. The first-order chi connectivity index (χ1) is 8.88. The molecule has 2 nitrogen and oxygen atoms in total. The molecule has 0 spiro atoms. The lowest BCUT2D eigenvalue weighted by molar-refractivity contribution is 0.184. The average Bonchev–Trinajstić information content (AvgIpc) is 2.37. The summed E-state index contributed by atoms with van der Waals surface area (Å²) in [6, 6.07) is 12.8. The third-order valence-corrected chi connectivity index (χ3v) is 3.84. The van der Waals surface area contributed by atoms with Crippen molar-refractivity contribution in [1.29, 1.82) is 0 Å². The summed E-state index contributed by atoms with van der Waals surface area (Å²) in [6.45, 7) is 3.72. The third kappa shape index (κ3) is 2.08.